The van der Waals surface area contributed by atoms with Crippen molar-refractivity contribution in [2.45, 2.75) is 89.5 Å². The second kappa shape index (κ2) is 13.6. The van der Waals surface area contributed by atoms with Crippen LogP contribution in [0.3, 0.4) is 0 Å². The van der Waals surface area contributed by atoms with Crippen LogP contribution in [0.15, 0.2) is 78.9 Å². The van der Waals surface area contributed by atoms with Gasteiger partial charge in [-0.2, -0.15) is 0 Å². The van der Waals surface area contributed by atoms with E-state index in [2.05, 4.69) is 55.7 Å². The predicted octanol–water partition coefficient (Wildman–Crippen LogP) is 8.41. The number of alkyl carbamates (subject to hydrolysis) is 1. The number of hydrogen-bond acceptors (Lipinski definition) is 6. The lowest BCUT2D eigenvalue weighted by Gasteiger charge is -2.29. The zero-order valence-electron chi connectivity index (χ0n) is 28.3. The first-order chi connectivity index (χ1) is 22.5. The predicted molar refractivity (Wildman–Crippen MR) is 190 cm³/mol. The Labute approximate surface area is 287 Å². The van der Waals surface area contributed by atoms with Gasteiger partial charge in [0.15, 0.2) is 0 Å². The van der Waals surface area contributed by atoms with E-state index in [1.165, 1.54) is 35.9 Å². The lowest BCUT2D eigenvalue weighted by Crippen LogP contribution is -2.48. The van der Waals surface area contributed by atoms with Crippen LogP contribution in [0.5, 0.6) is 0 Å². The summed E-state index contributed by atoms with van der Waals surface area (Å²) in [6.07, 6.45) is 1.89. The number of benzene rings is 3. The molecule has 1 heterocycles. The van der Waals surface area contributed by atoms with Crippen LogP contribution in [-0.2, 0) is 26.8 Å². The average Bonchev–Trinajstić information content (AvgIpc) is 3.71. The normalized spacial score (nSPS) is 18.1. The lowest BCUT2D eigenvalue weighted by atomic mass is 9.85. The Kier molecular flexibility index (Phi) is 9.87. The number of nitrogens with one attached hydrogen (secondary N) is 2. The lowest BCUT2D eigenvalue weighted by molar-refractivity contribution is 0.0436. The van der Waals surface area contributed by atoms with Gasteiger partial charge in [0.1, 0.15) is 28.3 Å². The van der Waals surface area contributed by atoms with E-state index < -0.39 is 35.2 Å². The molecule has 1 unspecified atom stereocenters. The van der Waals surface area contributed by atoms with Gasteiger partial charge in [-0.05, 0) is 98.5 Å². The first-order valence-corrected chi connectivity index (χ1v) is 16.6. The van der Waals surface area contributed by atoms with E-state index in [4.69, 9.17) is 21.7 Å². The maximum atomic E-state index is 13.4. The zero-order chi connectivity index (χ0) is 34.9. The third kappa shape index (κ3) is 8.52. The second-order valence-electron chi connectivity index (χ2n) is 14.6. The summed E-state index contributed by atoms with van der Waals surface area (Å²) < 4.78 is 24.8. The van der Waals surface area contributed by atoms with Crippen molar-refractivity contribution in [1.29, 1.82) is 0 Å². The van der Waals surface area contributed by atoms with Crippen LogP contribution in [0.4, 0.5) is 19.7 Å². The third-order valence-electron chi connectivity index (χ3n) is 8.58. The molecule has 3 aromatic rings. The number of cyclic esters (lactones) is 1. The van der Waals surface area contributed by atoms with E-state index in [1.54, 1.807) is 20.8 Å². The van der Waals surface area contributed by atoms with E-state index >= 15 is 0 Å². The molecule has 254 valence electrons. The van der Waals surface area contributed by atoms with E-state index in [9.17, 15) is 19.1 Å². The van der Waals surface area contributed by atoms with E-state index in [0.29, 0.717) is 24.2 Å². The highest BCUT2D eigenvalue weighted by Gasteiger charge is 2.56. The topological polar surface area (TPSA) is 100 Å². The Hall–Kier alpha value is -4.44. The van der Waals surface area contributed by atoms with Crippen LogP contribution in [0.1, 0.15) is 76.6 Å². The largest absolute Gasteiger partial charge is 0.507 e. The molecule has 0 bridgehead atoms. The van der Waals surface area contributed by atoms with Gasteiger partial charge in [0.25, 0.3) is 0 Å². The molecule has 2 amide bonds. The standard InChI is InChI=1S/C38H44FN3O5S/c1-36(2,3)26-8-7-9-27(21-26)38(18-19-38)42-23-32(46-35(42)45)30(41-34(44)47-37(4,5)6)20-24-10-16-29(17-11-24)40-33(48)22-31(43)25-12-14-28(39)15-13-25/h7-17,21-22,30,32,43H,18-20,23H2,1-6H3,(H,40,48)(H,41,44)/t30-,32?/m0/s1. The highest BCUT2D eigenvalue weighted by atomic mass is 32.1. The first kappa shape index (κ1) is 34.9. The highest BCUT2D eigenvalue weighted by Crippen LogP contribution is 2.53. The molecule has 0 radical (unpaired) electrons. The Morgan fingerprint density at radius 1 is 1.08 bits per heavy atom. The molecular formula is C38H44FN3O5S. The molecule has 2 aliphatic rings. The van der Waals surface area contributed by atoms with Crippen molar-refractivity contribution in [3.8, 4) is 0 Å². The molecule has 1 saturated carbocycles. The number of hydrogen-bond donors (Lipinski definition) is 3. The summed E-state index contributed by atoms with van der Waals surface area (Å²) in [4.78, 5) is 28.5. The minimum Gasteiger partial charge on any atom is -0.507 e. The maximum Gasteiger partial charge on any atom is 0.411 e. The molecule has 10 heteroatoms. The van der Waals surface area contributed by atoms with E-state index in [-0.39, 0.29) is 22.3 Å². The number of rotatable bonds is 9. The molecule has 2 fully saturated rings. The number of anilines is 1. The molecule has 1 saturated heterocycles. The molecular weight excluding hydrogens is 629 g/mol. The molecule has 3 N–H and O–H groups in total. The van der Waals surface area contributed by atoms with Crippen LogP contribution in [0.25, 0.3) is 5.76 Å². The summed E-state index contributed by atoms with van der Waals surface area (Å²) in [6, 6.07) is 20.8. The van der Waals surface area contributed by atoms with Crippen molar-refractivity contribution in [2.24, 2.45) is 0 Å². The van der Waals surface area contributed by atoms with Gasteiger partial charge in [0.2, 0.25) is 0 Å². The Bertz CT molecular complexity index is 1690. The summed E-state index contributed by atoms with van der Waals surface area (Å²) in [6.45, 7) is 12.2. The van der Waals surface area contributed by atoms with E-state index in [0.717, 1.165) is 24.0 Å². The summed E-state index contributed by atoms with van der Waals surface area (Å²) >= 11 is 5.39. The molecule has 5 rings (SSSR count). The molecule has 3 aromatic carbocycles. The van der Waals surface area contributed by atoms with Gasteiger partial charge >= 0.3 is 12.2 Å². The fourth-order valence-electron chi connectivity index (χ4n) is 5.87. The number of nitrogens with zero attached hydrogens (tertiary/aromatic N) is 1. The monoisotopic (exact) mass is 673 g/mol. The van der Waals surface area contributed by atoms with Crippen molar-refractivity contribution in [1.82, 2.24) is 10.2 Å². The SMILES string of the molecule is CC(C)(C)OC(=O)N[C@@H](Cc1ccc(NC(=S)C=C(O)c2ccc(F)cc2)cc1)C1CN(C2(c3cccc(C(C)(C)C)c3)CC2)C(=O)O1. The molecule has 1 aliphatic heterocycles. The number of carbonyl (C=O) groups is 2. The van der Waals surface area contributed by atoms with E-state index in [1.807, 2.05) is 29.2 Å². The molecule has 2 atom stereocenters. The fraction of sp³-hybridized carbons (Fsp3) is 0.395. The fourth-order valence-corrected chi connectivity index (χ4v) is 6.10. The van der Waals surface area contributed by atoms with Crippen molar-refractivity contribution in [3.05, 3.63) is 107 Å². The number of aliphatic hydroxyl groups excluding tert-OH is 1. The smallest absolute Gasteiger partial charge is 0.411 e. The van der Waals surface area contributed by atoms with Crippen molar-refractivity contribution in [3.63, 3.8) is 0 Å². The van der Waals surface area contributed by atoms with Gasteiger partial charge in [-0.3, -0.25) is 4.90 Å². The first-order valence-electron chi connectivity index (χ1n) is 16.2. The summed E-state index contributed by atoms with van der Waals surface area (Å²) in [7, 11) is 0. The van der Waals surface area contributed by atoms with Gasteiger partial charge in [-0.25, -0.2) is 14.0 Å². The number of aliphatic hydroxyl groups is 1. The third-order valence-corrected chi connectivity index (χ3v) is 8.80. The molecule has 8 nitrogen and oxygen atoms in total. The quantitative estimate of drug-likeness (QED) is 0.119. The average molecular weight is 674 g/mol. The molecule has 1 aliphatic carbocycles. The van der Waals surface area contributed by atoms with Gasteiger partial charge in [0, 0.05) is 17.3 Å². The van der Waals surface area contributed by atoms with Crippen LogP contribution in [0.2, 0.25) is 0 Å². The van der Waals surface area contributed by atoms with Crippen LogP contribution in [-0.4, -0.2) is 51.5 Å². The van der Waals surface area contributed by atoms with Crippen molar-refractivity contribution in [2.75, 3.05) is 11.9 Å². The van der Waals surface area contributed by atoms with Crippen LogP contribution in [0, 0.1) is 5.82 Å². The Morgan fingerprint density at radius 2 is 1.75 bits per heavy atom. The Balaban J connectivity index is 1.30. The van der Waals surface area contributed by atoms with Crippen LogP contribution < -0.4 is 10.6 Å². The number of ether oxygens (including phenoxy) is 2. The van der Waals surface area contributed by atoms with Crippen LogP contribution >= 0.6 is 12.2 Å². The number of amides is 2. The minimum atomic E-state index is -0.700. The summed E-state index contributed by atoms with van der Waals surface area (Å²) in [5.41, 5.74) is 3.19. The summed E-state index contributed by atoms with van der Waals surface area (Å²) in [5, 5.41) is 16.4. The summed E-state index contributed by atoms with van der Waals surface area (Å²) in [5.74, 6) is -0.483. The number of halogens is 1. The number of thiocarbonyl (C=S) groups is 1. The van der Waals surface area contributed by atoms with Gasteiger partial charge < -0.3 is 25.2 Å². The number of carbonyl (C=O) groups excluding carboxylic acids is 2. The second-order valence-corrected chi connectivity index (χ2v) is 15.0. The van der Waals surface area contributed by atoms with Gasteiger partial charge in [-0.15, -0.1) is 0 Å². The molecule has 0 aromatic heterocycles. The van der Waals surface area contributed by atoms with Gasteiger partial charge in [0.05, 0.1) is 18.1 Å². The maximum absolute atomic E-state index is 13.4. The van der Waals surface area contributed by atoms with Crippen molar-refractivity contribution < 1.29 is 28.6 Å². The highest BCUT2D eigenvalue weighted by molar-refractivity contribution is 7.81. The minimum absolute atomic E-state index is 0.0268. The Morgan fingerprint density at radius 3 is 2.35 bits per heavy atom. The molecule has 48 heavy (non-hydrogen) atoms. The molecule has 0 spiro atoms. The van der Waals surface area contributed by atoms with Gasteiger partial charge in [-0.1, -0.05) is 69.4 Å². The van der Waals surface area contributed by atoms with Crippen molar-refractivity contribution >= 4 is 40.8 Å². The zero-order valence-corrected chi connectivity index (χ0v) is 29.1.